The molecule has 2 amide bonds. The maximum Gasteiger partial charge on any atom is 0.230 e. The summed E-state index contributed by atoms with van der Waals surface area (Å²) in [6.07, 6.45) is 1.53. The molecule has 0 unspecified atom stereocenters. The van der Waals surface area contributed by atoms with Gasteiger partial charge in [0.05, 0.1) is 11.4 Å². The van der Waals surface area contributed by atoms with Gasteiger partial charge >= 0.3 is 0 Å². The van der Waals surface area contributed by atoms with Crippen molar-refractivity contribution in [3.8, 4) is 11.5 Å². The standard InChI is InChI=1S/C15H23NO3.C12H17NO2/c1-5-15(3,4)14(17)16-12-9-7-8-10-13(12)19-11-18-6-2;1-4-12(2,3)11(15)13-9-7-5-6-8-10(9)14/h7-10H,5-6,11H2,1-4H3,(H,16,17);5-8,14H,4H2,1-3H3,(H,13,15). The lowest BCUT2D eigenvalue weighted by atomic mass is 9.89. The van der Waals surface area contributed by atoms with Crippen molar-refractivity contribution < 1.29 is 24.2 Å². The van der Waals surface area contributed by atoms with Crippen molar-refractivity contribution >= 4 is 23.2 Å². The number of ether oxygens (including phenoxy) is 2. The summed E-state index contributed by atoms with van der Waals surface area (Å²) in [6, 6.07) is 14.1. The van der Waals surface area contributed by atoms with Gasteiger partial charge in [-0.2, -0.15) is 0 Å². The van der Waals surface area contributed by atoms with Crippen LogP contribution >= 0.6 is 0 Å². The molecule has 0 saturated heterocycles. The summed E-state index contributed by atoms with van der Waals surface area (Å²) in [4.78, 5) is 23.9. The number of hydrogen-bond acceptors (Lipinski definition) is 5. The fourth-order valence-electron chi connectivity index (χ4n) is 2.37. The van der Waals surface area contributed by atoms with Crippen LogP contribution in [0.3, 0.4) is 0 Å². The molecule has 0 radical (unpaired) electrons. The summed E-state index contributed by atoms with van der Waals surface area (Å²) in [5.74, 6) is 0.628. The summed E-state index contributed by atoms with van der Waals surface area (Å²) in [6.45, 7) is 14.2. The molecule has 2 aromatic rings. The van der Waals surface area contributed by atoms with E-state index >= 15 is 0 Å². The zero-order valence-corrected chi connectivity index (χ0v) is 21.5. The van der Waals surface area contributed by atoms with Crippen LogP contribution in [0.25, 0.3) is 0 Å². The number of benzene rings is 2. The Bertz CT molecular complexity index is 925. The Balaban J connectivity index is 0.000000350. The minimum absolute atomic E-state index is 0.0116. The van der Waals surface area contributed by atoms with Crippen LogP contribution in [-0.2, 0) is 14.3 Å². The molecule has 0 saturated carbocycles. The third-order valence-corrected chi connectivity index (χ3v) is 5.79. The quantitative estimate of drug-likeness (QED) is 0.217. The van der Waals surface area contributed by atoms with Crippen LogP contribution in [0, 0.1) is 10.8 Å². The van der Waals surface area contributed by atoms with Gasteiger partial charge in [-0.1, -0.05) is 65.8 Å². The molecule has 0 fully saturated rings. The Kier molecular flexibility index (Phi) is 11.6. The molecule has 0 heterocycles. The van der Waals surface area contributed by atoms with Gasteiger partial charge in [0.25, 0.3) is 0 Å². The average molecular weight is 473 g/mol. The summed E-state index contributed by atoms with van der Waals surface area (Å²) in [7, 11) is 0. The Morgan fingerprint density at radius 1 is 0.794 bits per heavy atom. The van der Waals surface area contributed by atoms with E-state index in [1.807, 2.05) is 72.7 Å². The summed E-state index contributed by atoms with van der Waals surface area (Å²) in [5.41, 5.74) is 0.327. The summed E-state index contributed by atoms with van der Waals surface area (Å²) >= 11 is 0. The molecule has 7 heteroatoms. The van der Waals surface area contributed by atoms with Crippen LogP contribution in [0.2, 0.25) is 0 Å². The molecule has 0 aromatic heterocycles. The van der Waals surface area contributed by atoms with Gasteiger partial charge in [0.2, 0.25) is 11.8 Å². The summed E-state index contributed by atoms with van der Waals surface area (Å²) in [5, 5.41) is 15.1. The molecule has 0 atom stereocenters. The zero-order chi connectivity index (χ0) is 25.8. The first kappa shape index (κ1) is 29.0. The van der Waals surface area contributed by atoms with E-state index in [1.165, 1.54) is 0 Å². The number of aromatic hydroxyl groups is 1. The lowest BCUT2D eigenvalue weighted by molar-refractivity contribution is -0.124. The van der Waals surface area contributed by atoms with Gasteiger partial charge in [0.1, 0.15) is 11.5 Å². The number of nitrogens with one attached hydrogen (secondary N) is 2. The lowest BCUT2D eigenvalue weighted by Gasteiger charge is -2.22. The Labute approximate surface area is 203 Å². The van der Waals surface area contributed by atoms with Crippen LogP contribution in [0.4, 0.5) is 11.4 Å². The Morgan fingerprint density at radius 3 is 1.76 bits per heavy atom. The highest BCUT2D eigenvalue weighted by Gasteiger charge is 2.26. The van der Waals surface area contributed by atoms with Crippen molar-refractivity contribution in [2.45, 2.75) is 61.3 Å². The third kappa shape index (κ3) is 9.06. The first-order valence-corrected chi connectivity index (χ1v) is 11.7. The maximum atomic E-state index is 12.1. The minimum Gasteiger partial charge on any atom is -0.506 e. The van der Waals surface area contributed by atoms with Crippen LogP contribution in [0.15, 0.2) is 48.5 Å². The van der Waals surface area contributed by atoms with Crippen molar-refractivity contribution in [1.82, 2.24) is 0 Å². The van der Waals surface area contributed by atoms with Crippen molar-refractivity contribution in [3.63, 3.8) is 0 Å². The van der Waals surface area contributed by atoms with E-state index in [-0.39, 0.29) is 24.4 Å². The van der Waals surface area contributed by atoms with Crippen molar-refractivity contribution in [1.29, 1.82) is 0 Å². The number of phenols is 1. The number of rotatable bonds is 10. The molecule has 2 aromatic carbocycles. The number of anilines is 2. The van der Waals surface area contributed by atoms with E-state index in [0.29, 0.717) is 23.7 Å². The van der Waals surface area contributed by atoms with E-state index in [0.717, 1.165) is 12.8 Å². The fraction of sp³-hybridized carbons (Fsp3) is 0.481. The predicted molar refractivity (Wildman–Crippen MR) is 137 cm³/mol. The van der Waals surface area contributed by atoms with Gasteiger partial charge in [0.15, 0.2) is 6.79 Å². The average Bonchev–Trinajstić information content (AvgIpc) is 2.82. The van der Waals surface area contributed by atoms with Crippen molar-refractivity contribution in [3.05, 3.63) is 48.5 Å². The molecular formula is C27H40N2O5. The first-order valence-electron chi connectivity index (χ1n) is 11.7. The SMILES string of the molecule is CCC(C)(C)C(=O)Nc1ccccc1O.CCOCOc1ccccc1NC(=O)C(C)(C)CC. The van der Waals surface area contributed by atoms with Gasteiger partial charge in [-0.15, -0.1) is 0 Å². The number of amides is 2. The smallest absolute Gasteiger partial charge is 0.230 e. The van der Waals surface area contributed by atoms with Crippen LogP contribution < -0.4 is 15.4 Å². The van der Waals surface area contributed by atoms with Gasteiger partial charge in [-0.25, -0.2) is 0 Å². The maximum absolute atomic E-state index is 12.1. The number of carbonyl (C=O) groups is 2. The second-order valence-corrected chi connectivity index (χ2v) is 9.15. The van der Waals surface area contributed by atoms with Gasteiger partial charge < -0.3 is 25.2 Å². The monoisotopic (exact) mass is 472 g/mol. The highest BCUT2D eigenvalue weighted by molar-refractivity contribution is 5.96. The van der Waals surface area contributed by atoms with Gasteiger partial charge in [-0.3, -0.25) is 9.59 Å². The molecule has 0 aliphatic rings. The Morgan fingerprint density at radius 2 is 1.26 bits per heavy atom. The second kappa shape index (κ2) is 13.6. The topological polar surface area (TPSA) is 96.9 Å². The van der Waals surface area contributed by atoms with Crippen molar-refractivity contribution in [2.75, 3.05) is 24.0 Å². The van der Waals surface area contributed by atoms with E-state index in [4.69, 9.17) is 9.47 Å². The summed E-state index contributed by atoms with van der Waals surface area (Å²) < 4.78 is 10.6. The molecule has 34 heavy (non-hydrogen) atoms. The van der Waals surface area contributed by atoms with E-state index in [9.17, 15) is 14.7 Å². The molecule has 0 spiro atoms. The number of para-hydroxylation sites is 4. The van der Waals surface area contributed by atoms with E-state index < -0.39 is 10.8 Å². The molecule has 3 N–H and O–H groups in total. The van der Waals surface area contributed by atoms with Crippen LogP contribution in [0.5, 0.6) is 11.5 Å². The van der Waals surface area contributed by atoms with Crippen LogP contribution in [0.1, 0.15) is 61.3 Å². The number of phenolic OH excluding ortho intramolecular Hbond substituents is 1. The van der Waals surface area contributed by atoms with Crippen LogP contribution in [-0.4, -0.2) is 30.3 Å². The Hall–Kier alpha value is -3.06. The highest BCUT2D eigenvalue weighted by Crippen LogP contribution is 2.28. The number of carbonyl (C=O) groups excluding carboxylic acids is 2. The molecule has 7 nitrogen and oxygen atoms in total. The molecule has 0 aliphatic carbocycles. The molecule has 0 aliphatic heterocycles. The first-order chi connectivity index (χ1) is 16.0. The van der Waals surface area contributed by atoms with Gasteiger partial charge in [0, 0.05) is 17.4 Å². The lowest BCUT2D eigenvalue weighted by Crippen LogP contribution is -2.30. The minimum atomic E-state index is -0.414. The zero-order valence-electron chi connectivity index (χ0n) is 21.5. The van der Waals surface area contributed by atoms with E-state index in [2.05, 4.69) is 10.6 Å². The second-order valence-electron chi connectivity index (χ2n) is 9.15. The number of hydrogen-bond donors (Lipinski definition) is 3. The predicted octanol–water partition coefficient (Wildman–Crippen LogP) is 6.20. The molecule has 188 valence electrons. The fourth-order valence-corrected chi connectivity index (χ4v) is 2.37. The normalized spacial score (nSPS) is 11.1. The van der Waals surface area contributed by atoms with E-state index in [1.54, 1.807) is 24.3 Å². The van der Waals surface area contributed by atoms with Crippen molar-refractivity contribution in [2.24, 2.45) is 10.8 Å². The van der Waals surface area contributed by atoms with Gasteiger partial charge in [-0.05, 0) is 44.0 Å². The molecular weight excluding hydrogens is 432 g/mol. The molecule has 0 bridgehead atoms. The molecule has 2 rings (SSSR count). The third-order valence-electron chi connectivity index (χ3n) is 5.79. The highest BCUT2D eigenvalue weighted by atomic mass is 16.7. The largest absolute Gasteiger partial charge is 0.506 e.